The van der Waals surface area contributed by atoms with Gasteiger partial charge in [-0.1, -0.05) is 12.1 Å². The first-order valence-electron chi connectivity index (χ1n) is 6.60. The van der Waals surface area contributed by atoms with E-state index in [1.54, 1.807) is 0 Å². The van der Waals surface area contributed by atoms with E-state index in [-0.39, 0.29) is 0 Å². The van der Waals surface area contributed by atoms with Crippen LogP contribution in [0.25, 0.3) is 22.2 Å². The number of nitrogens with zero attached hydrogens (tertiary/aromatic N) is 2. The molecule has 0 amide bonds. The van der Waals surface area contributed by atoms with E-state index in [2.05, 4.69) is 29.2 Å². The molecular weight excluding hydrogens is 302 g/mol. The van der Waals surface area contributed by atoms with Gasteiger partial charge in [-0.3, -0.25) is 0 Å². The molecule has 21 heavy (non-hydrogen) atoms. The number of hydrogen-bond acceptors (Lipinski definition) is 6. The molecule has 108 valence electrons. The fraction of sp³-hybridized carbons (Fsp3) is 0.200. The highest BCUT2D eigenvalue weighted by Crippen LogP contribution is 2.33. The Hall–Kier alpha value is -1.79. The highest BCUT2D eigenvalue weighted by molar-refractivity contribution is 7.99. The van der Waals surface area contributed by atoms with Crippen molar-refractivity contribution >= 4 is 28.1 Å². The maximum Gasteiger partial charge on any atom is 0.268 e. The minimum Gasteiger partial charge on any atom is -0.391 e. The van der Waals surface area contributed by atoms with Crippen molar-refractivity contribution in [3.05, 3.63) is 35.9 Å². The minimum absolute atomic E-state index is 0.524. The van der Waals surface area contributed by atoms with Crippen LogP contribution in [0.4, 0.5) is 5.00 Å². The molecule has 0 spiro atoms. The third-order valence-electron chi connectivity index (χ3n) is 2.98. The Bertz CT molecular complexity index is 747. The molecule has 0 saturated heterocycles. The standard InChI is InChI=1S/C15H15N3OS2/c1-3-20-11-6-4-10(5-7-11)14-17-15(19-18-14)13-9(2)8-12(16)21-13/h4-8H,3,16H2,1-2H3. The van der Waals surface area contributed by atoms with Crippen molar-refractivity contribution in [1.29, 1.82) is 0 Å². The molecule has 4 nitrogen and oxygen atoms in total. The van der Waals surface area contributed by atoms with E-state index in [1.165, 1.54) is 16.2 Å². The van der Waals surface area contributed by atoms with Crippen LogP contribution in [-0.2, 0) is 0 Å². The Balaban J connectivity index is 1.89. The summed E-state index contributed by atoms with van der Waals surface area (Å²) in [4.78, 5) is 6.65. The van der Waals surface area contributed by atoms with E-state index in [1.807, 2.05) is 36.9 Å². The van der Waals surface area contributed by atoms with Crippen LogP contribution >= 0.6 is 23.1 Å². The summed E-state index contributed by atoms with van der Waals surface area (Å²) >= 11 is 3.27. The van der Waals surface area contributed by atoms with Crippen LogP contribution in [0.3, 0.4) is 0 Å². The Labute approximate surface area is 131 Å². The summed E-state index contributed by atoms with van der Waals surface area (Å²) in [6, 6.07) is 10.1. The maximum atomic E-state index is 5.81. The molecular formula is C15H15N3OS2. The largest absolute Gasteiger partial charge is 0.391 e. The first-order chi connectivity index (χ1) is 10.2. The number of nitrogen functional groups attached to an aromatic ring is 1. The summed E-state index contributed by atoms with van der Waals surface area (Å²) in [6.07, 6.45) is 0. The van der Waals surface area contributed by atoms with Crippen molar-refractivity contribution in [2.24, 2.45) is 0 Å². The van der Waals surface area contributed by atoms with Gasteiger partial charge < -0.3 is 10.3 Å². The summed E-state index contributed by atoms with van der Waals surface area (Å²) in [5.74, 6) is 2.19. The molecule has 2 N–H and O–H groups in total. The van der Waals surface area contributed by atoms with Gasteiger partial charge in [0.15, 0.2) is 0 Å². The van der Waals surface area contributed by atoms with Crippen molar-refractivity contribution in [2.75, 3.05) is 11.5 Å². The number of hydrogen-bond donors (Lipinski definition) is 1. The summed E-state index contributed by atoms with van der Waals surface area (Å²) < 4.78 is 5.37. The summed E-state index contributed by atoms with van der Waals surface area (Å²) in [7, 11) is 0. The number of benzene rings is 1. The second-order valence-corrected chi connectivity index (χ2v) is 6.96. The number of nitrogens with two attached hydrogens (primary N) is 1. The van der Waals surface area contributed by atoms with E-state index < -0.39 is 0 Å². The lowest BCUT2D eigenvalue weighted by molar-refractivity contribution is 0.433. The van der Waals surface area contributed by atoms with E-state index >= 15 is 0 Å². The fourth-order valence-corrected chi connectivity index (χ4v) is 3.54. The average Bonchev–Trinajstić information content (AvgIpc) is 3.06. The van der Waals surface area contributed by atoms with E-state index in [0.717, 1.165) is 26.8 Å². The summed E-state index contributed by atoms with van der Waals surface area (Å²) in [5.41, 5.74) is 7.82. The van der Waals surface area contributed by atoms with Crippen LogP contribution in [0.1, 0.15) is 12.5 Å². The van der Waals surface area contributed by atoms with Crippen LogP contribution in [0.2, 0.25) is 0 Å². The number of anilines is 1. The van der Waals surface area contributed by atoms with E-state index in [0.29, 0.717) is 11.7 Å². The normalized spacial score (nSPS) is 11.0. The second kappa shape index (κ2) is 5.91. The Morgan fingerprint density at radius 2 is 2.05 bits per heavy atom. The molecule has 0 radical (unpaired) electrons. The van der Waals surface area contributed by atoms with Gasteiger partial charge in [0, 0.05) is 10.5 Å². The van der Waals surface area contributed by atoms with Crippen molar-refractivity contribution in [2.45, 2.75) is 18.7 Å². The van der Waals surface area contributed by atoms with Gasteiger partial charge in [-0.05, 0) is 48.6 Å². The quantitative estimate of drug-likeness (QED) is 0.719. The van der Waals surface area contributed by atoms with Crippen LogP contribution in [0, 0.1) is 6.92 Å². The monoisotopic (exact) mass is 317 g/mol. The zero-order chi connectivity index (χ0) is 14.8. The highest BCUT2D eigenvalue weighted by atomic mass is 32.2. The third kappa shape index (κ3) is 2.96. The molecule has 2 aromatic heterocycles. The molecule has 0 saturated carbocycles. The Morgan fingerprint density at radius 1 is 1.29 bits per heavy atom. The predicted octanol–water partition coefficient (Wildman–Crippen LogP) is 4.47. The van der Waals surface area contributed by atoms with Gasteiger partial charge in [-0.15, -0.1) is 23.1 Å². The SMILES string of the molecule is CCSc1ccc(-c2noc(-c3sc(N)cc3C)n2)cc1. The van der Waals surface area contributed by atoms with Gasteiger partial charge in [0.05, 0.1) is 9.88 Å². The molecule has 0 atom stereocenters. The maximum absolute atomic E-state index is 5.81. The lowest BCUT2D eigenvalue weighted by atomic mass is 10.2. The summed E-state index contributed by atoms with van der Waals surface area (Å²) in [5, 5.41) is 4.81. The van der Waals surface area contributed by atoms with Crippen molar-refractivity contribution < 1.29 is 4.52 Å². The highest BCUT2D eigenvalue weighted by Gasteiger charge is 2.15. The van der Waals surface area contributed by atoms with Gasteiger partial charge in [0.25, 0.3) is 5.89 Å². The van der Waals surface area contributed by atoms with Crippen molar-refractivity contribution in [3.63, 3.8) is 0 Å². The molecule has 0 bridgehead atoms. The molecule has 0 aliphatic carbocycles. The molecule has 3 aromatic rings. The number of aryl methyl sites for hydroxylation is 1. The smallest absolute Gasteiger partial charge is 0.268 e. The Kier molecular flexibility index (Phi) is 3.98. The van der Waals surface area contributed by atoms with Crippen LogP contribution in [0.15, 0.2) is 39.8 Å². The molecule has 0 fully saturated rings. The lowest BCUT2D eigenvalue weighted by Gasteiger charge is -1.98. The lowest BCUT2D eigenvalue weighted by Crippen LogP contribution is -1.81. The van der Waals surface area contributed by atoms with Gasteiger partial charge >= 0.3 is 0 Å². The van der Waals surface area contributed by atoms with Gasteiger partial charge in [0.2, 0.25) is 5.82 Å². The number of thiophene rings is 1. The van der Waals surface area contributed by atoms with Gasteiger partial charge in [-0.2, -0.15) is 4.98 Å². The minimum atomic E-state index is 0.524. The molecule has 3 rings (SSSR count). The van der Waals surface area contributed by atoms with Crippen molar-refractivity contribution in [3.8, 4) is 22.2 Å². The molecule has 0 aliphatic rings. The van der Waals surface area contributed by atoms with Crippen molar-refractivity contribution in [1.82, 2.24) is 10.1 Å². The van der Waals surface area contributed by atoms with Crippen LogP contribution in [-0.4, -0.2) is 15.9 Å². The third-order valence-corrected chi connectivity index (χ3v) is 4.93. The van der Waals surface area contributed by atoms with E-state index in [9.17, 15) is 0 Å². The van der Waals surface area contributed by atoms with Gasteiger partial charge in [0.1, 0.15) is 0 Å². The molecule has 6 heteroatoms. The number of aromatic nitrogens is 2. The van der Waals surface area contributed by atoms with Crippen LogP contribution < -0.4 is 5.73 Å². The fourth-order valence-electron chi connectivity index (χ4n) is 2.02. The topological polar surface area (TPSA) is 64.9 Å². The average molecular weight is 317 g/mol. The Morgan fingerprint density at radius 3 is 2.67 bits per heavy atom. The zero-order valence-electron chi connectivity index (χ0n) is 11.8. The zero-order valence-corrected chi connectivity index (χ0v) is 13.4. The van der Waals surface area contributed by atoms with E-state index in [4.69, 9.17) is 10.3 Å². The molecule has 0 unspecified atom stereocenters. The van der Waals surface area contributed by atoms with Gasteiger partial charge in [-0.25, -0.2) is 0 Å². The first-order valence-corrected chi connectivity index (χ1v) is 8.41. The predicted molar refractivity (Wildman–Crippen MR) is 88.6 cm³/mol. The molecule has 1 aromatic carbocycles. The molecule has 2 heterocycles. The summed E-state index contributed by atoms with van der Waals surface area (Å²) in [6.45, 7) is 4.13. The number of thioether (sulfide) groups is 1. The van der Waals surface area contributed by atoms with Crippen LogP contribution in [0.5, 0.6) is 0 Å². The number of rotatable bonds is 4. The molecule has 0 aliphatic heterocycles. The second-order valence-electron chi connectivity index (χ2n) is 4.54. The first kappa shape index (κ1) is 14.2.